The monoisotopic (exact) mass is 264 g/mol. The third-order valence-electron chi connectivity index (χ3n) is 3.29. The second-order valence-corrected chi connectivity index (χ2v) is 5.19. The van der Waals surface area contributed by atoms with E-state index in [1.807, 2.05) is 18.2 Å². The minimum absolute atomic E-state index is 0.529. The molecule has 1 aromatic carbocycles. The molecule has 1 aliphatic rings. The molecule has 2 rings (SSSR count). The summed E-state index contributed by atoms with van der Waals surface area (Å²) < 4.78 is 5.32. The number of anilines is 1. The Hall–Kier alpha value is -1.29. The van der Waals surface area contributed by atoms with E-state index in [4.69, 9.17) is 17.0 Å². The Morgan fingerprint density at radius 3 is 2.72 bits per heavy atom. The van der Waals surface area contributed by atoms with Crippen molar-refractivity contribution in [3.05, 3.63) is 23.8 Å². The highest BCUT2D eigenvalue weighted by Crippen LogP contribution is 2.25. The van der Waals surface area contributed by atoms with Crippen LogP contribution >= 0.6 is 12.2 Å². The second-order valence-electron chi connectivity index (χ2n) is 4.78. The summed E-state index contributed by atoms with van der Waals surface area (Å²) >= 11 is 5.35. The summed E-state index contributed by atoms with van der Waals surface area (Å²) in [5.74, 6) is 0.816. The van der Waals surface area contributed by atoms with Crippen molar-refractivity contribution < 1.29 is 4.74 Å². The van der Waals surface area contributed by atoms with Crippen molar-refractivity contribution in [1.29, 1.82) is 0 Å². The summed E-state index contributed by atoms with van der Waals surface area (Å²) in [7, 11) is 1.67. The van der Waals surface area contributed by atoms with Crippen LogP contribution in [0.3, 0.4) is 0 Å². The van der Waals surface area contributed by atoms with Crippen molar-refractivity contribution in [2.75, 3.05) is 12.4 Å². The van der Waals surface area contributed by atoms with Crippen LogP contribution in [0, 0.1) is 6.92 Å². The molecule has 3 nitrogen and oxygen atoms in total. The number of aryl methyl sites for hydroxylation is 1. The summed E-state index contributed by atoms with van der Waals surface area (Å²) in [6.07, 6.45) is 5.03. The molecule has 0 saturated heterocycles. The third kappa shape index (κ3) is 3.35. The minimum atomic E-state index is 0.529. The Morgan fingerprint density at radius 2 is 2.06 bits per heavy atom. The highest BCUT2D eigenvalue weighted by Gasteiger charge is 2.16. The van der Waals surface area contributed by atoms with Crippen LogP contribution in [0.4, 0.5) is 5.69 Å². The molecule has 0 atom stereocenters. The molecular formula is C14H20N2OS. The predicted octanol–water partition coefficient (Wildman–Crippen LogP) is 3.23. The first-order valence-corrected chi connectivity index (χ1v) is 6.82. The summed E-state index contributed by atoms with van der Waals surface area (Å²) in [5, 5.41) is 7.27. The SMILES string of the molecule is COc1ccc(C)cc1NC(=S)NC1CCCC1. The number of thiocarbonyl (C=S) groups is 1. The van der Waals surface area contributed by atoms with Crippen LogP contribution in [0.15, 0.2) is 18.2 Å². The number of methoxy groups -OCH3 is 1. The number of benzene rings is 1. The van der Waals surface area contributed by atoms with Crippen molar-refractivity contribution in [3.63, 3.8) is 0 Å². The Bertz CT molecular complexity index is 428. The lowest BCUT2D eigenvalue weighted by Crippen LogP contribution is -2.36. The Labute approximate surface area is 114 Å². The van der Waals surface area contributed by atoms with Gasteiger partial charge in [0, 0.05) is 6.04 Å². The second kappa shape index (κ2) is 6.05. The fraction of sp³-hybridized carbons (Fsp3) is 0.500. The average Bonchev–Trinajstić information content (AvgIpc) is 2.82. The van der Waals surface area contributed by atoms with Crippen LogP contribution in [-0.2, 0) is 0 Å². The molecule has 0 heterocycles. The normalized spacial score (nSPS) is 15.4. The van der Waals surface area contributed by atoms with Crippen LogP contribution in [0.1, 0.15) is 31.2 Å². The maximum Gasteiger partial charge on any atom is 0.171 e. The van der Waals surface area contributed by atoms with E-state index >= 15 is 0 Å². The fourth-order valence-electron chi connectivity index (χ4n) is 2.33. The van der Waals surface area contributed by atoms with E-state index in [2.05, 4.69) is 17.6 Å². The van der Waals surface area contributed by atoms with Gasteiger partial charge in [-0.05, 0) is 49.7 Å². The fourth-order valence-corrected chi connectivity index (χ4v) is 2.61. The average molecular weight is 264 g/mol. The van der Waals surface area contributed by atoms with Crippen molar-refractivity contribution in [2.24, 2.45) is 0 Å². The summed E-state index contributed by atoms with van der Waals surface area (Å²) in [5.41, 5.74) is 2.11. The van der Waals surface area contributed by atoms with Crippen molar-refractivity contribution >= 4 is 23.0 Å². The lowest BCUT2D eigenvalue weighted by atomic mass is 10.2. The smallest absolute Gasteiger partial charge is 0.171 e. The molecule has 1 aliphatic carbocycles. The number of rotatable bonds is 3. The first kappa shape index (κ1) is 13.1. The van der Waals surface area contributed by atoms with Crippen molar-refractivity contribution in [2.45, 2.75) is 38.6 Å². The first-order chi connectivity index (χ1) is 8.69. The van der Waals surface area contributed by atoms with Crippen LogP contribution in [0.2, 0.25) is 0 Å². The van der Waals surface area contributed by atoms with E-state index in [9.17, 15) is 0 Å². The van der Waals surface area contributed by atoms with E-state index in [0.717, 1.165) is 11.4 Å². The van der Waals surface area contributed by atoms with E-state index in [1.165, 1.54) is 31.2 Å². The molecule has 0 radical (unpaired) electrons. The Kier molecular flexibility index (Phi) is 4.42. The number of hydrogen-bond donors (Lipinski definition) is 2. The van der Waals surface area contributed by atoms with Gasteiger partial charge in [0.05, 0.1) is 12.8 Å². The lowest BCUT2D eigenvalue weighted by molar-refractivity contribution is 0.417. The van der Waals surface area contributed by atoms with Crippen LogP contribution in [-0.4, -0.2) is 18.3 Å². The van der Waals surface area contributed by atoms with Crippen LogP contribution in [0.25, 0.3) is 0 Å². The third-order valence-corrected chi connectivity index (χ3v) is 3.51. The molecule has 0 amide bonds. The zero-order chi connectivity index (χ0) is 13.0. The van der Waals surface area contributed by atoms with Gasteiger partial charge < -0.3 is 15.4 Å². The molecule has 4 heteroatoms. The lowest BCUT2D eigenvalue weighted by Gasteiger charge is -2.17. The van der Waals surface area contributed by atoms with Gasteiger partial charge in [-0.1, -0.05) is 18.9 Å². The molecule has 1 saturated carbocycles. The zero-order valence-corrected chi connectivity index (χ0v) is 11.8. The van der Waals surface area contributed by atoms with Gasteiger partial charge in [0.15, 0.2) is 5.11 Å². The maximum absolute atomic E-state index is 5.35. The number of hydrogen-bond acceptors (Lipinski definition) is 2. The zero-order valence-electron chi connectivity index (χ0n) is 11.0. The standard InChI is InChI=1S/C14H20N2OS/c1-10-7-8-13(17-2)12(9-10)16-14(18)15-11-5-3-4-6-11/h7-9,11H,3-6H2,1-2H3,(H2,15,16,18). The summed E-state index contributed by atoms with van der Waals surface area (Å²) in [4.78, 5) is 0. The quantitative estimate of drug-likeness (QED) is 0.821. The Morgan fingerprint density at radius 1 is 1.33 bits per heavy atom. The van der Waals surface area contributed by atoms with Crippen molar-refractivity contribution in [1.82, 2.24) is 5.32 Å². The van der Waals surface area contributed by atoms with Crippen LogP contribution < -0.4 is 15.4 Å². The van der Waals surface area contributed by atoms with Crippen LogP contribution in [0.5, 0.6) is 5.75 Å². The molecule has 98 valence electrons. The topological polar surface area (TPSA) is 33.3 Å². The molecular weight excluding hydrogens is 244 g/mol. The maximum atomic E-state index is 5.35. The number of ether oxygens (including phenoxy) is 1. The molecule has 0 spiro atoms. The van der Waals surface area contributed by atoms with Gasteiger partial charge in [-0.2, -0.15) is 0 Å². The highest BCUT2D eigenvalue weighted by molar-refractivity contribution is 7.80. The molecule has 1 aromatic rings. The largest absolute Gasteiger partial charge is 0.495 e. The summed E-state index contributed by atoms with van der Waals surface area (Å²) in [6, 6.07) is 6.55. The number of nitrogens with one attached hydrogen (secondary N) is 2. The molecule has 0 unspecified atom stereocenters. The van der Waals surface area contributed by atoms with Gasteiger partial charge in [-0.15, -0.1) is 0 Å². The van der Waals surface area contributed by atoms with E-state index in [1.54, 1.807) is 7.11 Å². The Balaban J connectivity index is 1.99. The molecule has 0 bridgehead atoms. The first-order valence-electron chi connectivity index (χ1n) is 6.41. The van der Waals surface area contributed by atoms with E-state index in [-0.39, 0.29) is 0 Å². The van der Waals surface area contributed by atoms with E-state index in [0.29, 0.717) is 11.2 Å². The minimum Gasteiger partial charge on any atom is -0.495 e. The van der Waals surface area contributed by atoms with Crippen molar-refractivity contribution in [3.8, 4) is 5.75 Å². The summed E-state index contributed by atoms with van der Waals surface area (Å²) in [6.45, 7) is 2.05. The highest BCUT2D eigenvalue weighted by atomic mass is 32.1. The van der Waals surface area contributed by atoms with Gasteiger partial charge in [0.25, 0.3) is 0 Å². The molecule has 0 aromatic heterocycles. The van der Waals surface area contributed by atoms with Gasteiger partial charge in [0.2, 0.25) is 0 Å². The molecule has 2 N–H and O–H groups in total. The molecule has 0 aliphatic heterocycles. The van der Waals surface area contributed by atoms with Gasteiger partial charge in [-0.3, -0.25) is 0 Å². The van der Waals surface area contributed by atoms with Gasteiger partial charge in [-0.25, -0.2) is 0 Å². The molecule has 1 fully saturated rings. The van der Waals surface area contributed by atoms with Gasteiger partial charge in [0.1, 0.15) is 5.75 Å². The molecule has 18 heavy (non-hydrogen) atoms. The predicted molar refractivity (Wildman–Crippen MR) is 79.3 cm³/mol. The van der Waals surface area contributed by atoms with Gasteiger partial charge >= 0.3 is 0 Å². The van der Waals surface area contributed by atoms with E-state index < -0.39 is 0 Å².